The van der Waals surface area contributed by atoms with Gasteiger partial charge in [-0.2, -0.15) is 0 Å². The Morgan fingerprint density at radius 2 is 2.14 bits per heavy atom. The van der Waals surface area contributed by atoms with Gasteiger partial charge in [0.2, 0.25) is 0 Å². The minimum Gasteiger partial charge on any atom is -0.487 e. The summed E-state index contributed by atoms with van der Waals surface area (Å²) in [7, 11) is 0. The molecule has 1 atom stereocenters. The SMILES string of the molecule is CC1(CCO)Cc2cc(N=O)c(N3CCOCC3)cc2O1. The van der Waals surface area contributed by atoms with E-state index in [4.69, 9.17) is 14.6 Å². The van der Waals surface area contributed by atoms with E-state index in [0.717, 1.165) is 30.1 Å². The maximum atomic E-state index is 11.2. The first kappa shape index (κ1) is 14.3. The molecule has 2 heterocycles. The molecule has 0 aromatic heterocycles. The molecule has 21 heavy (non-hydrogen) atoms. The van der Waals surface area contributed by atoms with Crippen molar-refractivity contribution in [3.05, 3.63) is 22.6 Å². The third kappa shape index (κ3) is 2.73. The van der Waals surface area contributed by atoms with Crippen molar-refractivity contribution in [2.75, 3.05) is 37.8 Å². The standard InChI is InChI=1S/C15H20N2O4/c1-15(2-5-18)10-11-8-12(16-19)13(9-14(11)21-15)17-3-6-20-7-4-17/h8-9,18H,2-7,10H2,1H3. The Labute approximate surface area is 123 Å². The van der Waals surface area contributed by atoms with Gasteiger partial charge in [-0.3, -0.25) is 0 Å². The highest BCUT2D eigenvalue weighted by molar-refractivity contribution is 5.72. The van der Waals surface area contributed by atoms with Crippen LogP contribution < -0.4 is 9.64 Å². The topological polar surface area (TPSA) is 71.4 Å². The Hall–Kier alpha value is -1.66. The van der Waals surface area contributed by atoms with E-state index in [1.807, 2.05) is 19.1 Å². The average Bonchev–Trinajstić information content (AvgIpc) is 2.82. The van der Waals surface area contributed by atoms with Gasteiger partial charge >= 0.3 is 0 Å². The van der Waals surface area contributed by atoms with Gasteiger partial charge in [0.25, 0.3) is 0 Å². The molecule has 0 radical (unpaired) electrons. The lowest BCUT2D eigenvalue weighted by Crippen LogP contribution is -2.36. The number of ether oxygens (including phenoxy) is 2. The normalized spacial score (nSPS) is 24.6. The van der Waals surface area contributed by atoms with Crippen LogP contribution in [0.25, 0.3) is 0 Å². The average molecular weight is 292 g/mol. The molecule has 2 aliphatic heterocycles. The lowest BCUT2D eigenvalue weighted by Gasteiger charge is -2.29. The van der Waals surface area contributed by atoms with Gasteiger partial charge < -0.3 is 19.5 Å². The molecule has 0 amide bonds. The maximum absolute atomic E-state index is 11.2. The largest absolute Gasteiger partial charge is 0.487 e. The summed E-state index contributed by atoms with van der Waals surface area (Å²) in [5.74, 6) is 0.792. The number of aliphatic hydroxyl groups is 1. The molecule has 1 fully saturated rings. The molecule has 3 rings (SSSR count). The minimum absolute atomic E-state index is 0.0829. The van der Waals surface area contributed by atoms with E-state index in [1.54, 1.807) is 0 Å². The summed E-state index contributed by atoms with van der Waals surface area (Å²) >= 11 is 0. The summed E-state index contributed by atoms with van der Waals surface area (Å²) in [5, 5.41) is 12.3. The second-order valence-electron chi connectivity index (χ2n) is 5.84. The van der Waals surface area contributed by atoms with Gasteiger partial charge in [0.15, 0.2) is 0 Å². The summed E-state index contributed by atoms with van der Waals surface area (Å²) in [6.07, 6.45) is 1.26. The molecule has 6 heteroatoms. The van der Waals surface area contributed by atoms with Crippen LogP contribution in [0.15, 0.2) is 17.3 Å². The zero-order valence-electron chi connectivity index (χ0n) is 12.2. The number of morpholine rings is 1. The molecule has 1 aromatic carbocycles. The summed E-state index contributed by atoms with van der Waals surface area (Å²) < 4.78 is 11.3. The van der Waals surface area contributed by atoms with Crippen LogP contribution in [-0.2, 0) is 11.2 Å². The van der Waals surface area contributed by atoms with Crippen molar-refractivity contribution in [3.63, 3.8) is 0 Å². The third-order valence-corrected chi connectivity index (χ3v) is 4.17. The smallest absolute Gasteiger partial charge is 0.131 e. The third-order valence-electron chi connectivity index (χ3n) is 4.17. The first-order chi connectivity index (χ1) is 10.1. The Bertz CT molecular complexity index is 543. The molecule has 6 nitrogen and oxygen atoms in total. The van der Waals surface area contributed by atoms with E-state index in [9.17, 15) is 4.91 Å². The zero-order chi connectivity index (χ0) is 14.9. The lowest BCUT2D eigenvalue weighted by atomic mass is 9.96. The van der Waals surface area contributed by atoms with E-state index < -0.39 is 5.60 Å². The fraction of sp³-hybridized carbons (Fsp3) is 0.600. The molecule has 114 valence electrons. The molecule has 0 spiro atoms. The van der Waals surface area contributed by atoms with Crippen molar-refractivity contribution in [2.45, 2.75) is 25.4 Å². The monoisotopic (exact) mass is 292 g/mol. The van der Waals surface area contributed by atoms with E-state index >= 15 is 0 Å². The number of hydrogen-bond donors (Lipinski definition) is 1. The quantitative estimate of drug-likeness (QED) is 0.859. The molecule has 2 aliphatic rings. The molecule has 0 aliphatic carbocycles. The number of nitrogens with zero attached hydrogens (tertiary/aromatic N) is 2. The molecule has 1 aromatic rings. The second-order valence-corrected chi connectivity index (χ2v) is 5.84. The molecule has 1 saturated heterocycles. The van der Waals surface area contributed by atoms with Crippen molar-refractivity contribution in [1.29, 1.82) is 0 Å². The first-order valence-corrected chi connectivity index (χ1v) is 7.28. The highest BCUT2D eigenvalue weighted by atomic mass is 16.5. The Balaban J connectivity index is 1.92. The highest BCUT2D eigenvalue weighted by Gasteiger charge is 2.35. The minimum atomic E-state index is -0.402. The fourth-order valence-electron chi connectivity index (χ4n) is 3.05. The first-order valence-electron chi connectivity index (χ1n) is 7.28. The lowest BCUT2D eigenvalue weighted by molar-refractivity contribution is 0.0811. The van der Waals surface area contributed by atoms with Crippen LogP contribution in [0, 0.1) is 4.91 Å². The van der Waals surface area contributed by atoms with Crippen LogP contribution in [-0.4, -0.2) is 43.6 Å². The van der Waals surface area contributed by atoms with E-state index in [-0.39, 0.29) is 6.61 Å². The Kier molecular flexibility index (Phi) is 3.82. The van der Waals surface area contributed by atoms with Crippen molar-refractivity contribution in [2.24, 2.45) is 5.18 Å². The van der Waals surface area contributed by atoms with Crippen LogP contribution in [0.2, 0.25) is 0 Å². The number of aliphatic hydroxyl groups excluding tert-OH is 1. The number of benzene rings is 1. The van der Waals surface area contributed by atoms with Gasteiger partial charge in [0.05, 0.1) is 18.9 Å². The maximum Gasteiger partial charge on any atom is 0.131 e. The van der Waals surface area contributed by atoms with Crippen LogP contribution in [0.1, 0.15) is 18.9 Å². The molecule has 1 N–H and O–H groups in total. The van der Waals surface area contributed by atoms with Crippen LogP contribution in [0.4, 0.5) is 11.4 Å². The van der Waals surface area contributed by atoms with Crippen molar-refractivity contribution in [1.82, 2.24) is 0 Å². The zero-order valence-corrected chi connectivity index (χ0v) is 12.2. The summed E-state index contributed by atoms with van der Waals surface area (Å²) in [5.41, 5.74) is 1.84. The summed E-state index contributed by atoms with van der Waals surface area (Å²) in [4.78, 5) is 13.3. The van der Waals surface area contributed by atoms with E-state index in [2.05, 4.69) is 10.1 Å². The molecular weight excluding hydrogens is 272 g/mol. The molecular formula is C15H20N2O4. The van der Waals surface area contributed by atoms with Crippen LogP contribution >= 0.6 is 0 Å². The number of anilines is 1. The Morgan fingerprint density at radius 1 is 1.38 bits per heavy atom. The Morgan fingerprint density at radius 3 is 2.81 bits per heavy atom. The van der Waals surface area contributed by atoms with Crippen LogP contribution in [0.5, 0.6) is 5.75 Å². The van der Waals surface area contributed by atoms with Crippen molar-refractivity contribution in [3.8, 4) is 5.75 Å². The predicted octanol–water partition coefficient (Wildman–Crippen LogP) is 2.00. The van der Waals surface area contributed by atoms with Crippen molar-refractivity contribution < 1.29 is 14.6 Å². The number of hydrogen-bond acceptors (Lipinski definition) is 6. The molecule has 0 bridgehead atoms. The van der Waals surface area contributed by atoms with E-state index in [0.29, 0.717) is 31.7 Å². The van der Waals surface area contributed by atoms with E-state index in [1.165, 1.54) is 0 Å². The van der Waals surface area contributed by atoms with Crippen molar-refractivity contribution >= 4 is 11.4 Å². The van der Waals surface area contributed by atoms with Crippen LogP contribution in [0.3, 0.4) is 0 Å². The highest BCUT2D eigenvalue weighted by Crippen LogP contribution is 2.43. The van der Waals surface area contributed by atoms with Gasteiger partial charge in [0, 0.05) is 44.2 Å². The summed E-state index contributed by atoms with van der Waals surface area (Å²) in [6, 6.07) is 3.72. The van der Waals surface area contributed by atoms with Gasteiger partial charge in [-0.05, 0) is 18.2 Å². The molecule has 1 unspecified atom stereocenters. The second kappa shape index (κ2) is 5.61. The fourth-order valence-corrected chi connectivity index (χ4v) is 3.05. The van der Waals surface area contributed by atoms with Gasteiger partial charge in [-0.1, -0.05) is 0 Å². The van der Waals surface area contributed by atoms with Gasteiger partial charge in [-0.25, -0.2) is 0 Å². The number of nitroso groups, excluding NO2 is 1. The predicted molar refractivity (Wildman–Crippen MR) is 79.4 cm³/mol. The number of fused-ring (bicyclic) bond motifs is 1. The van der Waals surface area contributed by atoms with Gasteiger partial charge in [-0.15, -0.1) is 4.91 Å². The van der Waals surface area contributed by atoms with Gasteiger partial charge in [0.1, 0.15) is 17.0 Å². The summed E-state index contributed by atoms with van der Waals surface area (Å²) in [6.45, 7) is 4.85. The number of rotatable bonds is 4. The molecule has 0 saturated carbocycles.